The average Bonchev–Trinajstić information content (AvgIpc) is 2.79. The third-order valence-electron chi connectivity index (χ3n) is 4.42. The SMILES string of the molecule is CC(Oc1nc(-c2ccccc2)ccc1NCC(N)CS)C(=O)Nc1ccccc1. The lowest BCUT2D eigenvalue weighted by atomic mass is 10.1. The molecule has 2 aromatic carbocycles. The molecule has 1 heterocycles. The molecule has 2 unspecified atom stereocenters. The third-order valence-corrected chi connectivity index (χ3v) is 4.89. The zero-order valence-electron chi connectivity index (χ0n) is 16.8. The van der Waals surface area contributed by atoms with Gasteiger partial charge >= 0.3 is 0 Å². The van der Waals surface area contributed by atoms with E-state index in [0.29, 0.717) is 29.6 Å². The van der Waals surface area contributed by atoms with Gasteiger partial charge in [-0.25, -0.2) is 4.98 Å². The summed E-state index contributed by atoms with van der Waals surface area (Å²) in [6, 6.07) is 22.7. The second kappa shape index (κ2) is 10.7. The van der Waals surface area contributed by atoms with Gasteiger partial charge in [-0.3, -0.25) is 4.79 Å². The lowest BCUT2D eigenvalue weighted by Gasteiger charge is -2.19. The number of benzene rings is 2. The fourth-order valence-electron chi connectivity index (χ4n) is 2.73. The van der Waals surface area contributed by atoms with Crippen molar-refractivity contribution in [1.29, 1.82) is 0 Å². The summed E-state index contributed by atoms with van der Waals surface area (Å²) in [5.41, 5.74) is 9.06. The van der Waals surface area contributed by atoms with Crippen LogP contribution in [0.2, 0.25) is 0 Å². The first kappa shape index (κ1) is 21.7. The minimum atomic E-state index is -0.747. The van der Waals surface area contributed by atoms with Gasteiger partial charge in [-0.1, -0.05) is 48.5 Å². The van der Waals surface area contributed by atoms with Crippen LogP contribution in [0.15, 0.2) is 72.8 Å². The summed E-state index contributed by atoms with van der Waals surface area (Å²) in [6.07, 6.45) is -0.747. The number of para-hydroxylation sites is 1. The normalized spacial score (nSPS) is 12.6. The quantitative estimate of drug-likeness (QED) is 0.394. The van der Waals surface area contributed by atoms with Gasteiger partial charge in [-0.05, 0) is 31.2 Å². The molecule has 0 saturated carbocycles. The van der Waals surface area contributed by atoms with Crippen molar-refractivity contribution in [3.63, 3.8) is 0 Å². The van der Waals surface area contributed by atoms with Crippen LogP contribution in [0.5, 0.6) is 5.88 Å². The van der Waals surface area contributed by atoms with Crippen molar-refractivity contribution in [2.75, 3.05) is 22.9 Å². The van der Waals surface area contributed by atoms with Crippen LogP contribution >= 0.6 is 12.6 Å². The molecule has 0 aliphatic carbocycles. The molecule has 30 heavy (non-hydrogen) atoms. The lowest BCUT2D eigenvalue weighted by molar-refractivity contribution is -0.122. The first-order valence-corrected chi connectivity index (χ1v) is 10.4. The van der Waals surface area contributed by atoms with Crippen molar-refractivity contribution in [1.82, 2.24) is 4.98 Å². The number of thiol groups is 1. The smallest absolute Gasteiger partial charge is 0.265 e. The van der Waals surface area contributed by atoms with E-state index in [1.807, 2.05) is 72.8 Å². The van der Waals surface area contributed by atoms with E-state index < -0.39 is 6.10 Å². The number of hydrogen-bond acceptors (Lipinski definition) is 6. The standard InChI is InChI=1S/C23H26N4O2S/c1-16(22(28)26-19-10-6-3-7-11-19)29-23-21(25-14-18(24)15-30)13-12-20(27-23)17-8-4-2-5-9-17/h2-13,16,18,25,30H,14-15,24H2,1H3,(H,26,28). The number of carbonyl (C=O) groups is 1. The molecule has 0 saturated heterocycles. The number of nitrogens with zero attached hydrogens (tertiary/aromatic N) is 1. The molecule has 3 rings (SSSR count). The van der Waals surface area contributed by atoms with E-state index in [9.17, 15) is 4.79 Å². The highest BCUT2D eigenvalue weighted by molar-refractivity contribution is 7.80. The van der Waals surface area contributed by atoms with Gasteiger partial charge in [0.05, 0.1) is 11.4 Å². The van der Waals surface area contributed by atoms with Crippen molar-refractivity contribution >= 4 is 29.9 Å². The van der Waals surface area contributed by atoms with E-state index in [0.717, 1.165) is 11.3 Å². The van der Waals surface area contributed by atoms with Crippen LogP contribution in [-0.4, -0.2) is 35.3 Å². The minimum absolute atomic E-state index is 0.117. The summed E-state index contributed by atoms with van der Waals surface area (Å²) in [6.45, 7) is 2.20. The number of amides is 1. The second-order valence-electron chi connectivity index (χ2n) is 6.85. The maximum absolute atomic E-state index is 12.6. The van der Waals surface area contributed by atoms with E-state index in [-0.39, 0.29) is 11.9 Å². The maximum atomic E-state index is 12.6. The predicted octanol–water partition coefficient (Wildman–Crippen LogP) is 3.82. The number of rotatable bonds is 9. The van der Waals surface area contributed by atoms with Crippen molar-refractivity contribution in [3.8, 4) is 17.1 Å². The second-order valence-corrected chi connectivity index (χ2v) is 7.22. The molecule has 1 amide bonds. The molecule has 0 aliphatic rings. The van der Waals surface area contributed by atoms with Gasteiger partial charge in [0, 0.05) is 29.6 Å². The number of anilines is 2. The average molecular weight is 423 g/mol. The monoisotopic (exact) mass is 422 g/mol. The Bertz CT molecular complexity index is 954. The molecule has 0 fully saturated rings. The van der Waals surface area contributed by atoms with Gasteiger partial charge in [0.2, 0.25) is 5.88 Å². The molecular formula is C23H26N4O2S. The number of pyridine rings is 1. The van der Waals surface area contributed by atoms with Crippen LogP contribution < -0.4 is 21.1 Å². The van der Waals surface area contributed by atoms with Gasteiger partial charge in [-0.2, -0.15) is 12.6 Å². The molecule has 0 radical (unpaired) electrons. The molecule has 0 bridgehead atoms. The van der Waals surface area contributed by atoms with Gasteiger partial charge in [-0.15, -0.1) is 0 Å². The van der Waals surface area contributed by atoms with E-state index in [2.05, 4.69) is 28.2 Å². The topological polar surface area (TPSA) is 89.3 Å². The van der Waals surface area contributed by atoms with Gasteiger partial charge in [0.15, 0.2) is 6.10 Å². The number of aromatic nitrogens is 1. The predicted molar refractivity (Wildman–Crippen MR) is 125 cm³/mol. The summed E-state index contributed by atoms with van der Waals surface area (Å²) in [7, 11) is 0. The number of carbonyl (C=O) groups excluding carboxylic acids is 1. The molecule has 7 heteroatoms. The molecule has 6 nitrogen and oxygen atoms in total. The highest BCUT2D eigenvalue weighted by atomic mass is 32.1. The molecule has 156 valence electrons. The summed E-state index contributed by atoms with van der Waals surface area (Å²) in [4.78, 5) is 17.2. The summed E-state index contributed by atoms with van der Waals surface area (Å²) < 4.78 is 5.96. The Morgan fingerprint density at radius 1 is 1.07 bits per heavy atom. The van der Waals surface area contributed by atoms with E-state index in [1.165, 1.54) is 0 Å². The van der Waals surface area contributed by atoms with E-state index in [1.54, 1.807) is 6.92 Å². The zero-order valence-corrected chi connectivity index (χ0v) is 17.7. The first-order valence-electron chi connectivity index (χ1n) is 9.76. The van der Waals surface area contributed by atoms with Crippen LogP contribution in [0.3, 0.4) is 0 Å². The minimum Gasteiger partial charge on any atom is -0.463 e. The zero-order chi connectivity index (χ0) is 21.3. The highest BCUT2D eigenvalue weighted by Crippen LogP contribution is 2.28. The van der Waals surface area contributed by atoms with Crippen molar-refractivity contribution in [3.05, 3.63) is 72.8 Å². The summed E-state index contributed by atoms with van der Waals surface area (Å²) >= 11 is 4.22. The van der Waals surface area contributed by atoms with E-state index >= 15 is 0 Å². The van der Waals surface area contributed by atoms with Gasteiger partial charge < -0.3 is 21.1 Å². The molecule has 2 atom stereocenters. The van der Waals surface area contributed by atoms with Crippen molar-refractivity contribution in [2.45, 2.75) is 19.1 Å². The number of ether oxygens (including phenoxy) is 1. The summed E-state index contributed by atoms with van der Waals surface area (Å²) in [5, 5.41) is 6.09. The van der Waals surface area contributed by atoms with Crippen LogP contribution in [0.1, 0.15) is 6.92 Å². The third kappa shape index (κ3) is 5.98. The maximum Gasteiger partial charge on any atom is 0.265 e. The van der Waals surface area contributed by atoms with Crippen LogP contribution in [0, 0.1) is 0 Å². The number of nitrogens with one attached hydrogen (secondary N) is 2. The van der Waals surface area contributed by atoms with Crippen molar-refractivity contribution < 1.29 is 9.53 Å². The van der Waals surface area contributed by atoms with Crippen molar-refractivity contribution in [2.24, 2.45) is 5.73 Å². The highest BCUT2D eigenvalue weighted by Gasteiger charge is 2.19. The fraction of sp³-hybridized carbons (Fsp3) is 0.217. The Morgan fingerprint density at radius 3 is 2.40 bits per heavy atom. The largest absolute Gasteiger partial charge is 0.463 e. The molecule has 4 N–H and O–H groups in total. The summed E-state index contributed by atoms with van der Waals surface area (Å²) in [5.74, 6) is 0.638. The Morgan fingerprint density at radius 2 is 1.73 bits per heavy atom. The lowest BCUT2D eigenvalue weighted by Crippen LogP contribution is -2.32. The number of nitrogens with two attached hydrogens (primary N) is 1. The van der Waals surface area contributed by atoms with E-state index in [4.69, 9.17) is 10.5 Å². The molecule has 0 spiro atoms. The first-order chi connectivity index (χ1) is 14.6. The van der Waals surface area contributed by atoms with Gasteiger partial charge in [0.1, 0.15) is 0 Å². The Balaban J connectivity index is 1.80. The fourth-order valence-corrected chi connectivity index (χ4v) is 2.86. The molecule has 3 aromatic rings. The van der Waals surface area contributed by atoms with Crippen LogP contribution in [-0.2, 0) is 4.79 Å². The molecule has 1 aromatic heterocycles. The molecule has 0 aliphatic heterocycles. The number of hydrogen-bond donors (Lipinski definition) is 4. The Hall–Kier alpha value is -3.03. The Kier molecular flexibility index (Phi) is 7.70. The molecular weight excluding hydrogens is 396 g/mol. The van der Waals surface area contributed by atoms with Gasteiger partial charge in [0.25, 0.3) is 5.91 Å². The Labute approximate surface area is 182 Å². The van der Waals surface area contributed by atoms with Crippen LogP contribution in [0.4, 0.5) is 11.4 Å². The van der Waals surface area contributed by atoms with Crippen LogP contribution in [0.25, 0.3) is 11.3 Å².